The molecule has 0 N–H and O–H groups in total. The first kappa shape index (κ1) is 27.6. The van der Waals surface area contributed by atoms with E-state index in [0.717, 1.165) is 56.0 Å². The summed E-state index contributed by atoms with van der Waals surface area (Å²) >= 11 is 0. The van der Waals surface area contributed by atoms with Gasteiger partial charge in [-0.25, -0.2) is 0 Å². The van der Waals surface area contributed by atoms with Crippen molar-refractivity contribution in [1.29, 1.82) is 0 Å². The maximum absolute atomic E-state index is 12.5. The number of rotatable bonds is 10. The lowest BCUT2D eigenvalue weighted by Crippen LogP contribution is -2.26. The van der Waals surface area contributed by atoms with Crippen LogP contribution >= 0.6 is 0 Å². The fourth-order valence-corrected chi connectivity index (χ4v) is 5.79. The fourth-order valence-electron chi connectivity index (χ4n) is 5.79. The van der Waals surface area contributed by atoms with Gasteiger partial charge in [0.15, 0.2) is 0 Å². The Hall–Kier alpha value is -1.97. The predicted molar refractivity (Wildman–Crippen MR) is 147 cm³/mol. The summed E-state index contributed by atoms with van der Waals surface area (Å²) in [5.41, 5.74) is 6.40. The second-order valence-electron chi connectivity index (χ2n) is 12.4. The number of Topliss-reactive ketones (excluding diaryl/α,β-unsaturated/α-hetero) is 1. The SMILES string of the molecule is CCc1c(CC(=O)N(C)C)ccc2c1CCC(C1CCC1)C/C(CCCCC(=O)CC(C)(C)C)=N\2. The first-order valence-corrected chi connectivity index (χ1v) is 14.0. The summed E-state index contributed by atoms with van der Waals surface area (Å²) in [6.07, 6.45) is 13.3. The van der Waals surface area contributed by atoms with Gasteiger partial charge in [0.05, 0.1) is 12.1 Å². The van der Waals surface area contributed by atoms with E-state index in [1.165, 1.54) is 48.1 Å². The first-order chi connectivity index (χ1) is 16.6. The van der Waals surface area contributed by atoms with Gasteiger partial charge in [-0.15, -0.1) is 0 Å². The van der Waals surface area contributed by atoms with Gasteiger partial charge < -0.3 is 4.90 Å². The molecule has 3 rings (SSSR count). The lowest BCUT2D eigenvalue weighted by atomic mass is 9.71. The average molecular weight is 481 g/mol. The molecule has 1 aromatic carbocycles. The van der Waals surface area contributed by atoms with Crippen LogP contribution in [0.1, 0.15) is 109 Å². The molecule has 1 fully saturated rings. The third-order valence-corrected chi connectivity index (χ3v) is 7.95. The first-order valence-electron chi connectivity index (χ1n) is 14.0. The van der Waals surface area contributed by atoms with Gasteiger partial charge >= 0.3 is 0 Å². The molecule has 1 aliphatic carbocycles. The third-order valence-electron chi connectivity index (χ3n) is 7.95. The van der Waals surface area contributed by atoms with Crippen molar-refractivity contribution in [2.24, 2.45) is 22.2 Å². The molecule has 0 aromatic heterocycles. The van der Waals surface area contributed by atoms with Crippen LogP contribution in [0.4, 0.5) is 5.69 Å². The highest BCUT2D eigenvalue weighted by Crippen LogP contribution is 2.41. The highest BCUT2D eigenvalue weighted by Gasteiger charge is 2.30. The highest BCUT2D eigenvalue weighted by molar-refractivity contribution is 5.88. The highest BCUT2D eigenvalue weighted by atomic mass is 16.2. The van der Waals surface area contributed by atoms with E-state index < -0.39 is 0 Å². The minimum atomic E-state index is 0.0768. The molecule has 1 aromatic rings. The summed E-state index contributed by atoms with van der Waals surface area (Å²) < 4.78 is 0. The lowest BCUT2D eigenvalue weighted by Gasteiger charge is -2.35. The van der Waals surface area contributed by atoms with E-state index in [9.17, 15) is 9.59 Å². The number of fused-ring (bicyclic) bond motifs is 1. The van der Waals surface area contributed by atoms with Gasteiger partial charge in [0.1, 0.15) is 5.78 Å². The van der Waals surface area contributed by atoms with Crippen molar-refractivity contribution < 1.29 is 9.59 Å². The smallest absolute Gasteiger partial charge is 0.226 e. The monoisotopic (exact) mass is 480 g/mol. The van der Waals surface area contributed by atoms with E-state index in [1.54, 1.807) is 4.90 Å². The van der Waals surface area contributed by atoms with Gasteiger partial charge in [0, 0.05) is 32.6 Å². The molecule has 0 bridgehead atoms. The maximum atomic E-state index is 12.5. The molecule has 0 spiro atoms. The number of carbonyl (C=O) groups excluding carboxylic acids is 2. The van der Waals surface area contributed by atoms with Gasteiger partial charge in [-0.05, 0) is 85.0 Å². The van der Waals surface area contributed by atoms with E-state index in [-0.39, 0.29) is 11.3 Å². The van der Waals surface area contributed by atoms with Crippen LogP contribution in [0.2, 0.25) is 0 Å². The normalized spacial score (nSPS) is 20.2. The zero-order valence-corrected chi connectivity index (χ0v) is 23.2. The van der Waals surface area contributed by atoms with Gasteiger partial charge in [0.2, 0.25) is 5.91 Å². The Balaban J connectivity index is 1.78. The van der Waals surface area contributed by atoms with Crippen molar-refractivity contribution in [2.75, 3.05) is 14.1 Å². The van der Waals surface area contributed by atoms with Crippen LogP contribution in [-0.2, 0) is 28.9 Å². The number of hydrogen-bond acceptors (Lipinski definition) is 3. The predicted octanol–water partition coefficient (Wildman–Crippen LogP) is 7.27. The number of benzene rings is 1. The second kappa shape index (κ2) is 12.3. The summed E-state index contributed by atoms with van der Waals surface area (Å²) in [7, 11) is 3.66. The van der Waals surface area contributed by atoms with E-state index in [0.29, 0.717) is 25.0 Å². The topological polar surface area (TPSA) is 49.7 Å². The number of carbonyl (C=O) groups is 2. The van der Waals surface area contributed by atoms with Crippen LogP contribution in [0.5, 0.6) is 0 Å². The number of aliphatic imine (C=N–C) groups is 1. The molecule has 4 nitrogen and oxygen atoms in total. The molecule has 1 unspecified atom stereocenters. The molecular formula is C31H48N2O2. The third kappa shape index (κ3) is 8.02. The van der Waals surface area contributed by atoms with Crippen molar-refractivity contribution in [3.63, 3.8) is 0 Å². The van der Waals surface area contributed by atoms with Gasteiger partial charge in [0.25, 0.3) is 0 Å². The molecule has 1 amide bonds. The molecule has 4 heteroatoms. The number of likely N-dealkylation sites (N-methyl/N-ethyl adjacent to an activating group) is 1. The molecule has 0 radical (unpaired) electrons. The summed E-state index contributed by atoms with van der Waals surface area (Å²) in [6.45, 7) is 8.62. The molecule has 2 aliphatic rings. The van der Waals surface area contributed by atoms with Crippen LogP contribution in [0.15, 0.2) is 17.1 Å². The van der Waals surface area contributed by atoms with E-state index >= 15 is 0 Å². The Bertz CT molecular complexity index is 919. The molecule has 0 saturated heterocycles. The maximum Gasteiger partial charge on any atom is 0.226 e. The zero-order valence-electron chi connectivity index (χ0n) is 23.2. The molecule has 1 atom stereocenters. The van der Waals surface area contributed by atoms with Crippen LogP contribution in [0.3, 0.4) is 0 Å². The molecule has 35 heavy (non-hydrogen) atoms. The quantitative estimate of drug-likeness (QED) is 0.331. The lowest BCUT2D eigenvalue weighted by molar-refractivity contribution is -0.128. The summed E-state index contributed by atoms with van der Waals surface area (Å²) in [5.74, 6) is 2.11. The number of amides is 1. The Morgan fingerprint density at radius 2 is 1.80 bits per heavy atom. The van der Waals surface area contributed by atoms with Crippen molar-refractivity contribution in [3.8, 4) is 0 Å². The minimum absolute atomic E-state index is 0.0768. The number of hydrogen-bond donors (Lipinski definition) is 0. The number of unbranched alkanes of at least 4 members (excludes halogenated alkanes) is 1. The largest absolute Gasteiger partial charge is 0.349 e. The second-order valence-corrected chi connectivity index (χ2v) is 12.4. The minimum Gasteiger partial charge on any atom is -0.349 e. The van der Waals surface area contributed by atoms with E-state index in [1.807, 2.05) is 14.1 Å². The van der Waals surface area contributed by atoms with Crippen LogP contribution in [-0.4, -0.2) is 36.4 Å². The van der Waals surface area contributed by atoms with Gasteiger partial charge in [-0.3, -0.25) is 14.6 Å². The molecule has 194 valence electrons. The van der Waals surface area contributed by atoms with Crippen LogP contribution in [0, 0.1) is 17.3 Å². The molecule has 1 aliphatic heterocycles. The van der Waals surface area contributed by atoms with Crippen LogP contribution < -0.4 is 0 Å². The van der Waals surface area contributed by atoms with Crippen molar-refractivity contribution in [2.45, 2.75) is 111 Å². The fraction of sp³-hybridized carbons (Fsp3) is 0.710. The van der Waals surface area contributed by atoms with Gasteiger partial charge in [-0.1, -0.05) is 53.0 Å². The summed E-state index contributed by atoms with van der Waals surface area (Å²) in [4.78, 5) is 31.7. The average Bonchev–Trinajstić information content (AvgIpc) is 2.71. The summed E-state index contributed by atoms with van der Waals surface area (Å²) in [6, 6.07) is 4.29. The molecule has 1 saturated carbocycles. The van der Waals surface area contributed by atoms with E-state index in [2.05, 4.69) is 39.8 Å². The molecule has 1 heterocycles. The number of nitrogens with zero attached hydrogens (tertiary/aromatic N) is 2. The van der Waals surface area contributed by atoms with Crippen molar-refractivity contribution in [1.82, 2.24) is 4.90 Å². The standard InChI is InChI=1S/C31H48N2O2/c1-7-27-24(20-30(35)33(5)6)16-18-29-28(27)17-15-23(22-11-10-12-22)19-25(32-29)13-8-9-14-26(34)21-31(2,3)4/h16,18,22-23H,7-15,17,19-21H2,1-6H3/b32-25-. The van der Waals surface area contributed by atoms with Crippen molar-refractivity contribution >= 4 is 23.1 Å². The Morgan fingerprint density at radius 1 is 1.06 bits per heavy atom. The van der Waals surface area contributed by atoms with E-state index in [4.69, 9.17) is 4.99 Å². The van der Waals surface area contributed by atoms with Crippen LogP contribution in [0.25, 0.3) is 0 Å². The Morgan fingerprint density at radius 3 is 2.40 bits per heavy atom. The van der Waals surface area contributed by atoms with Crippen molar-refractivity contribution in [3.05, 3.63) is 28.8 Å². The Labute approximate surface area is 214 Å². The molecular weight excluding hydrogens is 432 g/mol. The van der Waals surface area contributed by atoms with Gasteiger partial charge in [-0.2, -0.15) is 0 Å². The number of ketones is 1. The zero-order chi connectivity index (χ0) is 25.6. The summed E-state index contributed by atoms with van der Waals surface area (Å²) in [5, 5.41) is 0. The Kier molecular flexibility index (Phi) is 9.72.